The van der Waals surface area contributed by atoms with E-state index >= 15 is 0 Å². The van der Waals surface area contributed by atoms with E-state index in [4.69, 9.17) is 4.74 Å². The summed E-state index contributed by atoms with van der Waals surface area (Å²) in [6.45, 7) is 7.87. The zero-order chi connectivity index (χ0) is 23.4. The van der Waals surface area contributed by atoms with Gasteiger partial charge in [-0.1, -0.05) is 20.8 Å². The number of aromatic hydroxyl groups is 1. The third-order valence-electron chi connectivity index (χ3n) is 6.50. The van der Waals surface area contributed by atoms with Crippen LogP contribution >= 0.6 is 0 Å². The van der Waals surface area contributed by atoms with E-state index in [0.29, 0.717) is 41.6 Å². The van der Waals surface area contributed by atoms with E-state index < -0.39 is 28.7 Å². The van der Waals surface area contributed by atoms with Crippen molar-refractivity contribution in [1.82, 2.24) is 4.57 Å². The molecule has 32 heavy (non-hydrogen) atoms. The molecule has 2 aromatic carbocycles. The summed E-state index contributed by atoms with van der Waals surface area (Å²) < 4.78 is 36.3. The Morgan fingerprint density at radius 1 is 1.16 bits per heavy atom. The Morgan fingerprint density at radius 3 is 2.44 bits per heavy atom. The number of halogens is 2. The topological polar surface area (TPSA) is 71.7 Å². The van der Waals surface area contributed by atoms with Gasteiger partial charge in [-0.05, 0) is 50.1 Å². The monoisotopic (exact) mass is 443 g/mol. The molecule has 0 fully saturated rings. The lowest BCUT2D eigenvalue weighted by Crippen LogP contribution is -2.42. The van der Waals surface area contributed by atoms with Gasteiger partial charge in [0.15, 0.2) is 0 Å². The fourth-order valence-electron chi connectivity index (χ4n) is 4.67. The molecular weight excluding hydrogens is 416 g/mol. The molecule has 2 atom stereocenters. The number of phenols is 1. The van der Waals surface area contributed by atoms with Crippen LogP contribution in [0.15, 0.2) is 36.4 Å². The summed E-state index contributed by atoms with van der Waals surface area (Å²) in [7, 11) is 0. The number of ether oxygens (including phenoxy) is 1. The minimum Gasteiger partial charge on any atom is -0.507 e. The van der Waals surface area contributed by atoms with Crippen LogP contribution in [0.4, 0.5) is 8.78 Å². The second kappa shape index (κ2) is 7.59. The number of rotatable bonds is 5. The Labute approximate surface area is 185 Å². The van der Waals surface area contributed by atoms with Gasteiger partial charge in [-0.25, -0.2) is 8.78 Å². The molecule has 0 spiro atoms. The number of hydrogen-bond donors (Lipinski definition) is 2. The van der Waals surface area contributed by atoms with Crippen molar-refractivity contribution in [2.24, 2.45) is 5.92 Å². The number of nitrogens with zero attached hydrogens (tertiary/aromatic N) is 1. The van der Waals surface area contributed by atoms with Crippen molar-refractivity contribution in [3.05, 3.63) is 59.3 Å². The first-order valence-electron chi connectivity index (χ1n) is 10.7. The van der Waals surface area contributed by atoms with Crippen LogP contribution in [-0.4, -0.2) is 27.4 Å². The third kappa shape index (κ3) is 3.54. The van der Waals surface area contributed by atoms with Crippen molar-refractivity contribution < 1.29 is 28.5 Å². The van der Waals surface area contributed by atoms with Crippen LogP contribution in [0.3, 0.4) is 0 Å². The van der Waals surface area contributed by atoms with Gasteiger partial charge in [-0.2, -0.15) is 0 Å². The molecule has 7 heteroatoms. The zero-order valence-electron chi connectivity index (χ0n) is 18.6. The van der Waals surface area contributed by atoms with Crippen molar-refractivity contribution in [2.75, 3.05) is 6.61 Å². The number of phenolic OH excluding ortho intramolecular Hbond substituents is 1. The normalized spacial score (nSPS) is 20.8. The summed E-state index contributed by atoms with van der Waals surface area (Å²) in [6.07, 6.45) is 0.778. The fourth-order valence-corrected chi connectivity index (χ4v) is 4.67. The number of carboxylic acid groups (broad SMARTS) is 1. The maximum Gasteiger partial charge on any atom is 0.306 e. The van der Waals surface area contributed by atoms with Crippen molar-refractivity contribution >= 4 is 16.9 Å². The van der Waals surface area contributed by atoms with E-state index in [1.807, 2.05) is 25.3 Å². The Hall–Kier alpha value is -2.93. The molecule has 0 saturated heterocycles. The van der Waals surface area contributed by atoms with Crippen LogP contribution in [0.5, 0.6) is 5.75 Å². The molecule has 0 amide bonds. The summed E-state index contributed by atoms with van der Waals surface area (Å²) in [4.78, 5) is 11.4. The summed E-state index contributed by atoms with van der Waals surface area (Å²) in [5, 5.41) is 20.6. The highest BCUT2D eigenvalue weighted by atomic mass is 19.1. The molecule has 170 valence electrons. The predicted octanol–water partition coefficient (Wildman–Crippen LogP) is 5.64. The van der Waals surface area contributed by atoms with E-state index in [0.717, 1.165) is 11.8 Å². The Morgan fingerprint density at radius 2 is 1.81 bits per heavy atom. The highest BCUT2D eigenvalue weighted by Gasteiger charge is 2.46. The molecule has 5 nitrogen and oxygen atoms in total. The molecule has 0 aliphatic carbocycles. The van der Waals surface area contributed by atoms with Gasteiger partial charge in [0.05, 0.1) is 23.6 Å². The number of benzene rings is 2. The van der Waals surface area contributed by atoms with Crippen LogP contribution in [0.2, 0.25) is 0 Å². The van der Waals surface area contributed by atoms with Crippen molar-refractivity contribution in [1.29, 1.82) is 0 Å². The Kier molecular flexibility index (Phi) is 5.28. The van der Waals surface area contributed by atoms with E-state index in [-0.39, 0.29) is 11.6 Å². The molecule has 2 heterocycles. The maximum absolute atomic E-state index is 14.4. The van der Waals surface area contributed by atoms with E-state index in [9.17, 15) is 23.8 Å². The molecule has 1 aliphatic heterocycles. The first-order chi connectivity index (χ1) is 14.9. The second-order valence-corrected chi connectivity index (χ2v) is 9.54. The van der Waals surface area contributed by atoms with Crippen LogP contribution in [0.1, 0.15) is 51.8 Å². The molecule has 0 radical (unpaired) electrons. The first kappa shape index (κ1) is 22.3. The molecule has 4 rings (SSSR count). The smallest absolute Gasteiger partial charge is 0.306 e. The standard InChI is InChI=1S/C25H27F2NO4/c1-14(23(30)31)9-10-25(4)21-20-18(11-16(27)12-19(20)29)28(17-7-5-15(26)6-8-17)22(21)24(2,3)13-32-25/h5-8,11-12,14,29H,9-10,13H2,1-4H3,(H,30,31)/t14-,25+/m0/s1. The van der Waals surface area contributed by atoms with Gasteiger partial charge >= 0.3 is 5.97 Å². The molecule has 1 aliphatic rings. The minimum absolute atomic E-state index is 0.212. The molecule has 0 unspecified atom stereocenters. The number of carboxylic acids is 1. The molecule has 0 saturated carbocycles. The van der Waals surface area contributed by atoms with E-state index in [2.05, 4.69) is 0 Å². The van der Waals surface area contributed by atoms with Crippen molar-refractivity contribution in [2.45, 2.75) is 51.6 Å². The number of aromatic nitrogens is 1. The molecule has 0 bridgehead atoms. The van der Waals surface area contributed by atoms with Crippen LogP contribution < -0.4 is 0 Å². The lowest BCUT2D eigenvalue weighted by molar-refractivity contribution is -0.142. The van der Waals surface area contributed by atoms with Gasteiger partial charge in [-0.3, -0.25) is 4.79 Å². The predicted molar refractivity (Wildman–Crippen MR) is 117 cm³/mol. The van der Waals surface area contributed by atoms with Crippen molar-refractivity contribution in [3.8, 4) is 11.4 Å². The van der Waals surface area contributed by atoms with Crippen LogP contribution in [0.25, 0.3) is 16.6 Å². The number of aliphatic carboxylic acids is 1. The van der Waals surface area contributed by atoms with Crippen LogP contribution in [-0.2, 0) is 20.5 Å². The van der Waals surface area contributed by atoms with Gasteiger partial charge in [-0.15, -0.1) is 0 Å². The van der Waals surface area contributed by atoms with Gasteiger partial charge in [0.25, 0.3) is 0 Å². The largest absolute Gasteiger partial charge is 0.507 e. The number of hydrogen-bond acceptors (Lipinski definition) is 3. The molecule has 3 aromatic rings. The Bertz CT molecular complexity index is 1200. The maximum atomic E-state index is 14.4. The highest BCUT2D eigenvalue weighted by Crippen LogP contribution is 2.51. The number of carbonyl (C=O) groups is 1. The SMILES string of the molecule is C[C@@H](CC[C@@]1(C)OCC(C)(C)c2c1c1c(O)cc(F)cc1n2-c1ccc(F)cc1)C(=O)O. The molecule has 1 aromatic heterocycles. The van der Waals surface area contributed by atoms with Gasteiger partial charge in [0.2, 0.25) is 0 Å². The summed E-state index contributed by atoms with van der Waals surface area (Å²) >= 11 is 0. The first-order valence-corrected chi connectivity index (χ1v) is 10.7. The summed E-state index contributed by atoms with van der Waals surface area (Å²) in [5.41, 5.74) is 1.23. The lowest BCUT2D eigenvalue weighted by Gasteiger charge is -2.43. The van der Waals surface area contributed by atoms with E-state index in [1.54, 1.807) is 19.1 Å². The van der Waals surface area contributed by atoms with Gasteiger partial charge in [0, 0.05) is 33.8 Å². The fraction of sp³-hybridized carbons (Fsp3) is 0.400. The van der Waals surface area contributed by atoms with Crippen molar-refractivity contribution in [3.63, 3.8) is 0 Å². The zero-order valence-corrected chi connectivity index (χ0v) is 18.6. The lowest BCUT2D eigenvalue weighted by atomic mass is 9.76. The Balaban J connectivity index is 2.04. The molecule has 2 N–H and O–H groups in total. The van der Waals surface area contributed by atoms with Gasteiger partial charge < -0.3 is 19.5 Å². The van der Waals surface area contributed by atoms with E-state index in [1.165, 1.54) is 18.2 Å². The highest BCUT2D eigenvalue weighted by molar-refractivity contribution is 5.94. The van der Waals surface area contributed by atoms with Gasteiger partial charge in [0.1, 0.15) is 17.4 Å². The summed E-state index contributed by atoms with van der Waals surface area (Å²) in [5.74, 6) is -2.64. The summed E-state index contributed by atoms with van der Waals surface area (Å²) in [6, 6.07) is 8.34. The van der Waals surface area contributed by atoms with Crippen LogP contribution in [0, 0.1) is 17.6 Å². The molecular formula is C25H27F2NO4. The number of fused-ring (bicyclic) bond motifs is 3. The minimum atomic E-state index is -0.895. The quantitative estimate of drug-likeness (QED) is 0.536. The second-order valence-electron chi connectivity index (χ2n) is 9.54. The average Bonchev–Trinajstić information content (AvgIpc) is 3.08. The third-order valence-corrected chi connectivity index (χ3v) is 6.50. The average molecular weight is 443 g/mol.